The van der Waals surface area contributed by atoms with Crippen LogP contribution in [0.4, 0.5) is 20.2 Å². The van der Waals surface area contributed by atoms with Gasteiger partial charge in [-0.3, -0.25) is 0 Å². The fourth-order valence-corrected chi connectivity index (χ4v) is 6.85. The molecule has 2 aromatic heterocycles. The fourth-order valence-electron chi connectivity index (χ4n) is 6.85. The van der Waals surface area contributed by atoms with Crippen molar-refractivity contribution in [1.29, 1.82) is 0 Å². The van der Waals surface area contributed by atoms with Crippen LogP contribution in [0, 0.1) is 11.6 Å². The second kappa shape index (κ2) is 15.0. The summed E-state index contributed by atoms with van der Waals surface area (Å²) in [5.41, 5.74) is 3.00. The van der Waals surface area contributed by atoms with Gasteiger partial charge in [-0.1, -0.05) is 20.3 Å². The normalized spacial score (nSPS) is 19.8. The van der Waals surface area contributed by atoms with E-state index in [1.165, 1.54) is 29.5 Å². The van der Waals surface area contributed by atoms with Crippen LogP contribution < -0.4 is 20.2 Å². The summed E-state index contributed by atoms with van der Waals surface area (Å²) in [5, 5.41) is 8.51. The highest BCUT2D eigenvalue weighted by Gasteiger charge is 2.46. The Morgan fingerprint density at radius 3 is 2.22 bits per heavy atom. The summed E-state index contributed by atoms with van der Waals surface area (Å²) in [7, 11) is 0. The summed E-state index contributed by atoms with van der Waals surface area (Å²) < 4.78 is 51.6. The van der Waals surface area contributed by atoms with Gasteiger partial charge in [-0.25, -0.2) is 32.5 Å². The first kappa shape index (κ1) is 34.4. The van der Waals surface area contributed by atoms with Gasteiger partial charge in [0.2, 0.25) is 5.79 Å². The van der Waals surface area contributed by atoms with Crippen LogP contribution in [0.3, 0.4) is 0 Å². The Hall–Kier alpha value is -5.08. The third-order valence-electron chi connectivity index (χ3n) is 9.58. The Labute approximate surface area is 294 Å². The van der Waals surface area contributed by atoms with Crippen LogP contribution in [-0.2, 0) is 21.8 Å². The van der Waals surface area contributed by atoms with Crippen LogP contribution in [0.1, 0.15) is 44.7 Å². The van der Waals surface area contributed by atoms with Gasteiger partial charge in [0.15, 0.2) is 0 Å². The van der Waals surface area contributed by atoms with Gasteiger partial charge < -0.3 is 24.0 Å². The number of anilines is 2. The van der Waals surface area contributed by atoms with E-state index in [-0.39, 0.29) is 37.1 Å². The molecule has 0 amide bonds. The van der Waals surface area contributed by atoms with Crippen molar-refractivity contribution in [2.24, 2.45) is 0 Å². The second-order valence-electron chi connectivity index (χ2n) is 12.9. The summed E-state index contributed by atoms with van der Waals surface area (Å²) in [6.45, 7) is 7.99. The van der Waals surface area contributed by atoms with Crippen LogP contribution in [0.5, 0.6) is 5.75 Å². The number of halogens is 2. The first-order chi connectivity index (χ1) is 24.9. The molecule has 0 saturated carbocycles. The van der Waals surface area contributed by atoms with Crippen molar-refractivity contribution in [2.75, 3.05) is 49.2 Å². The molecule has 12 nitrogen and oxygen atoms in total. The predicted molar refractivity (Wildman–Crippen MR) is 187 cm³/mol. The van der Waals surface area contributed by atoms with Crippen molar-refractivity contribution >= 4 is 11.4 Å². The Kier molecular flexibility index (Phi) is 10.1. The summed E-state index contributed by atoms with van der Waals surface area (Å²) in [4.78, 5) is 21.7. The molecular weight excluding hydrogens is 658 g/mol. The number of ether oxygens (including phenoxy) is 3. The number of hydrogen-bond donors (Lipinski definition) is 0. The molecule has 2 saturated heterocycles. The Morgan fingerprint density at radius 1 is 0.902 bits per heavy atom. The van der Waals surface area contributed by atoms with Gasteiger partial charge in [0.05, 0.1) is 18.3 Å². The number of nitrogens with zero attached hydrogens (tertiary/aromatic N) is 8. The first-order valence-corrected chi connectivity index (χ1v) is 17.4. The molecule has 3 aromatic carbocycles. The Balaban J connectivity index is 0.920. The van der Waals surface area contributed by atoms with Crippen LogP contribution in [0.15, 0.2) is 90.5 Å². The molecule has 0 aliphatic carbocycles. The molecule has 5 aromatic rings. The summed E-state index contributed by atoms with van der Waals surface area (Å²) in [6.07, 6.45) is 6.78. The number of benzene rings is 3. The maximum absolute atomic E-state index is 14.9. The lowest BCUT2D eigenvalue weighted by Crippen LogP contribution is -2.46. The van der Waals surface area contributed by atoms with Crippen LogP contribution in [0.25, 0.3) is 5.69 Å². The SMILES string of the molecule is CCC[C@@H](CC)n1ncn(-c2ccc(N3CCN(c4ccc(OC[C@H]5COC(Cn6cncn6)(c6ccc(F)cc6F)O5)cc4)CC3)cc2)c1=O. The molecule has 2 aliphatic rings. The predicted octanol–water partition coefficient (Wildman–Crippen LogP) is 5.33. The molecule has 0 N–H and O–H groups in total. The zero-order chi connectivity index (χ0) is 35.4. The lowest BCUT2D eigenvalue weighted by molar-refractivity contribution is -0.192. The summed E-state index contributed by atoms with van der Waals surface area (Å²) in [6, 6.07) is 19.5. The average Bonchev–Trinajstić information content (AvgIpc) is 3.91. The van der Waals surface area contributed by atoms with Crippen molar-refractivity contribution < 1.29 is 23.0 Å². The molecule has 0 bridgehead atoms. The van der Waals surface area contributed by atoms with Gasteiger partial charge in [-0.05, 0) is 73.5 Å². The molecule has 2 aliphatic heterocycles. The maximum Gasteiger partial charge on any atom is 0.350 e. The van der Waals surface area contributed by atoms with E-state index in [0.29, 0.717) is 5.75 Å². The van der Waals surface area contributed by atoms with Gasteiger partial charge in [-0.15, -0.1) is 0 Å². The minimum absolute atomic E-state index is 0.0335. The molecule has 0 radical (unpaired) electrons. The van der Waals surface area contributed by atoms with Crippen molar-refractivity contribution in [3.63, 3.8) is 0 Å². The molecule has 2 fully saturated rings. The van der Waals surface area contributed by atoms with E-state index in [9.17, 15) is 13.6 Å². The largest absolute Gasteiger partial charge is 0.491 e. The van der Waals surface area contributed by atoms with Gasteiger partial charge in [0.25, 0.3) is 0 Å². The molecule has 0 spiro atoms. The third kappa shape index (κ3) is 7.38. The fraction of sp³-hybridized carbons (Fsp3) is 0.405. The van der Waals surface area contributed by atoms with E-state index < -0.39 is 23.5 Å². The molecule has 7 rings (SSSR count). The van der Waals surface area contributed by atoms with E-state index in [4.69, 9.17) is 14.2 Å². The van der Waals surface area contributed by atoms with Crippen molar-refractivity contribution in [2.45, 2.75) is 57.6 Å². The van der Waals surface area contributed by atoms with E-state index in [1.807, 2.05) is 36.4 Å². The van der Waals surface area contributed by atoms with Gasteiger partial charge in [0, 0.05) is 49.2 Å². The first-order valence-electron chi connectivity index (χ1n) is 17.4. The topological polar surface area (TPSA) is 105 Å². The number of piperazine rings is 1. The summed E-state index contributed by atoms with van der Waals surface area (Å²) >= 11 is 0. The lowest BCUT2D eigenvalue weighted by Gasteiger charge is -2.37. The monoisotopic (exact) mass is 700 g/mol. The third-order valence-corrected chi connectivity index (χ3v) is 9.58. The quantitative estimate of drug-likeness (QED) is 0.161. The van der Waals surface area contributed by atoms with Crippen molar-refractivity contribution in [3.8, 4) is 11.4 Å². The smallest absolute Gasteiger partial charge is 0.350 e. The van der Waals surface area contributed by atoms with E-state index in [2.05, 4.69) is 51.0 Å². The molecule has 1 unspecified atom stereocenters. The number of aromatic nitrogens is 6. The van der Waals surface area contributed by atoms with Gasteiger partial charge >= 0.3 is 5.69 Å². The highest BCUT2D eigenvalue weighted by atomic mass is 19.1. The highest BCUT2D eigenvalue weighted by Crippen LogP contribution is 2.38. The Bertz CT molecular complexity index is 1940. The minimum Gasteiger partial charge on any atom is -0.491 e. The molecular formula is C37H42F2N8O4. The van der Waals surface area contributed by atoms with Crippen LogP contribution >= 0.6 is 0 Å². The van der Waals surface area contributed by atoms with Crippen molar-refractivity contribution in [3.05, 3.63) is 113 Å². The van der Waals surface area contributed by atoms with E-state index >= 15 is 0 Å². The average molecular weight is 701 g/mol. The van der Waals surface area contributed by atoms with Crippen LogP contribution in [0.2, 0.25) is 0 Å². The van der Waals surface area contributed by atoms with E-state index in [0.717, 1.165) is 68.6 Å². The summed E-state index contributed by atoms with van der Waals surface area (Å²) in [5.74, 6) is -2.30. The standard InChI is InChI=1S/C37H42F2N8O4/c1-3-5-28(4-2)47-36(48)46(26-42-47)31-9-7-29(8-10-31)43-16-18-44(19-17-43)30-11-13-32(14-12-30)49-21-33-22-50-37(51-33,23-45-25-40-24-41-45)34-15-6-27(38)20-35(34)39/h6-15,20,24-26,28,33H,3-5,16-19,21-23H2,1-2H3/t28-,33+,37?/m1/s1. The van der Waals surface area contributed by atoms with E-state index in [1.54, 1.807) is 15.6 Å². The minimum atomic E-state index is -1.51. The number of hydrogen-bond acceptors (Lipinski definition) is 9. The molecule has 4 heterocycles. The zero-order valence-electron chi connectivity index (χ0n) is 28.8. The number of rotatable bonds is 13. The molecule has 14 heteroatoms. The van der Waals surface area contributed by atoms with Gasteiger partial charge in [0.1, 0.15) is 55.6 Å². The van der Waals surface area contributed by atoms with Crippen molar-refractivity contribution in [1.82, 2.24) is 29.1 Å². The Morgan fingerprint density at radius 2 is 1.59 bits per heavy atom. The second-order valence-corrected chi connectivity index (χ2v) is 12.9. The molecule has 268 valence electrons. The molecule has 3 atom stereocenters. The lowest BCUT2D eigenvalue weighted by atomic mass is 10.0. The van der Waals surface area contributed by atoms with Gasteiger partial charge in [-0.2, -0.15) is 10.2 Å². The highest BCUT2D eigenvalue weighted by molar-refractivity contribution is 5.54. The zero-order valence-corrected chi connectivity index (χ0v) is 28.8. The van der Waals surface area contributed by atoms with Crippen LogP contribution in [-0.4, -0.2) is 74.6 Å². The maximum atomic E-state index is 14.9. The molecule has 51 heavy (non-hydrogen) atoms.